The van der Waals surface area contributed by atoms with Crippen LogP contribution in [0.15, 0.2) is 28.6 Å². The molecule has 0 atom stereocenters. The van der Waals surface area contributed by atoms with Crippen molar-refractivity contribution in [3.8, 4) is 5.75 Å². The first-order valence-corrected chi connectivity index (χ1v) is 9.02. The summed E-state index contributed by atoms with van der Waals surface area (Å²) in [6, 6.07) is 4.93. The fourth-order valence-electron chi connectivity index (χ4n) is 1.64. The zero-order chi connectivity index (χ0) is 18.3. The first kappa shape index (κ1) is 19.3. The number of hydrogen-bond acceptors (Lipinski definition) is 7. The Morgan fingerprint density at radius 3 is 2.64 bits per heavy atom. The molecule has 0 aliphatic rings. The van der Waals surface area contributed by atoms with E-state index in [0.717, 1.165) is 25.1 Å². The minimum absolute atomic E-state index is 0.114. The molecule has 11 heteroatoms. The molecule has 1 aromatic carbocycles. The Kier molecular flexibility index (Phi) is 6.88. The van der Waals surface area contributed by atoms with Crippen LogP contribution in [0.25, 0.3) is 0 Å². The molecule has 25 heavy (non-hydrogen) atoms. The van der Waals surface area contributed by atoms with Crippen LogP contribution in [0.4, 0.5) is 24.0 Å². The summed E-state index contributed by atoms with van der Waals surface area (Å²) >= 11 is 2.59. The smallest absolute Gasteiger partial charge is 0.406 e. The molecule has 1 amide bonds. The summed E-state index contributed by atoms with van der Waals surface area (Å²) in [6.07, 6.45) is -3.77. The third kappa shape index (κ3) is 7.18. The van der Waals surface area contributed by atoms with E-state index in [9.17, 15) is 18.0 Å². The number of halogens is 3. The summed E-state index contributed by atoms with van der Waals surface area (Å²) < 4.78 is 40.6. The number of benzene rings is 1. The molecule has 0 bridgehead atoms. The molecule has 0 aliphatic heterocycles. The third-order valence-corrected chi connectivity index (χ3v) is 4.65. The van der Waals surface area contributed by atoms with E-state index in [1.807, 2.05) is 6.92 Å². The Bertz CT molecular complexity index is 692. The Morgan fingerprint density at radius 2 is 2.00 bits per heavy atom. The molecule has 1 heterocycles. The molecule has 2 rings (SSSR count). The van der Waals surface area contributed by atoms with Crippen LogP contribution >= 0.6 is 23.1 Å². The van der Waals surface area contributed by atoms with Crippen LogP contribution in [-0.2, 0) is 4.79 Å². The van der Waals surface area contributed by atoms with Gasteiger partial charge < -0.3 is 15.4 Å². The van der Waals surface area contributed by atoms with E-state index in [2.05, 4.69) is 25.6 Å². The number of alkyl halides is 3. The summed E-state index contributed by atoms with van der Waals surface area (Å²) in [4.78, 5) is 11.9. The number of carbonyl (C=O) groups excluding carboxylic acids is 1. The van der Waals surface area contributed by atoms with Crippen molar-refractivity contribution in [2.75, 3.05) is 22.9 Å². The highest BCUT2D eigenvalue weighted by atomic mass is 32.2. The number of aromatic nitrogens is 2. The van der Waals surface area contributed by atoms with Gasteiger partial charge in [0, 0.05) is 12.2 Å². The lowest BCUT2D eigenvalue weighted by Gasteiger charge is -2.09. The monoisotopic (exact) mass is 392 g/mol. The predicted molar refractivity (Wildman–Crippen MR) is 91.2 cm³/mol. The van der Waals surface area contributed by atoms with Crippen molar-refractivity contribution in [1.82, 2.24) is 10.2 Å². The average Bonchev–Trinajstić information content (AvgIpc) is 2.99. The molecule has 0 radical (unpaired) electrons. The van der Waals surface area contributed by atoms with Crippen LogP contribution in [0, 0.1) is 0 Å². The number of rotatable bonds is 8. The summed E-state index contributed by atoms with van der Waals surface area (Å²) in [7, 11) is 0. The van der Waals surface area contributed by atoms with E-state index >= 15 is 0 Å². The van der Waals surface area contributed by atoms with Gasteiger partial charge in [-0.25, -0.2) is 0 Å². The van der Waals surface area contributed by atoms with Gasteiger partial charge in [0.15, 0.2) is 4.34 Å². The minimum Gasteiger partial charge on any atom is -0.406 e. The predicted octanol–water partition coefficient (Wildman–Crippen LogP) is 3.99. The van der Waals surface area contributed by atoms with Crippen molar-refractivity contribution in [1.29, 1.82) is 0 Å². The van der Waals surface area contributed by atoms with E-state index < -0.39 is 6.36 Å². The molecule has 0 saturated heterocycles. The summed E-state index contributed by atoms with van der Waals surface area (Å²) in [5.74, 6) is -0.531. The van der Waals surface area contributed by atoms with Crippen molar-refractivity contribution >= 4 is 39.8 Å². The van der Waals surface area contributed by atoms with E-state index in [1.54, 1.807) is 0 Å². The average molecular weight is 392 g/mol. The number of carbonyl (C=O) groups is 1. The number of nitrogens with zero attached hydrogens (tertiary/aromatic N) is 2. The Hall–Kier alpha value is -2.01. The molecule has 0 unspecified atom stereocenters. The zero-order valence-electron chi connectivity index (χ0n) is 13.1. The molecule has 136 valence electrons. The van der Waals surface area contributed by atoms with Gasteiger partial charge in [-0.3, -0.25) is 4.79 Å². The topological polar surface area (TPSA) is 76.1 Å². The molecule has 0 spiro atoms. The zero-order valence-corrected chi connectivity index (χ0v) is 14.7. The van der Waals surface area contributed by atoms with Gasteiger partial charge in [-0.2, -0.15) is 0 Å². The summed E-state index contributed by atoms with van der Waals surface area (Å²) in [6.45, 7) is 2.84. The van der Waals surface area contributed by atoms with E-state index in [1.165, 1.54) is 35.2 Å². The maximum absolute atomic E-state index is 12.1. The van der Waals surface area contributed by atoms with E-state index in [4.69, 9.17) is 0 Å². The molecule has 6 nitrogen and oxygen atoms in total. The lowest BCUT2D eigenvalue weighted by atomic mass is 10.3. The Balaban J connectivity index is 1.79. The van der Waals surface area contributed by atoms with Gasteiger partial charge in [0.1, 0.15) is 5.75 Å². The van der Waals surface area contributed by atoms with Gasteiger partial charge in [-0.1, -0.05) is 30.0 Å². The van der Waals surface area contributed by atoms with Crippen molar-refractivity contribution in [3.05, 3.63) is 24.3 Å². The molecule has 2 N–H and O–H groups in total. The van der Waals surface area contributed by atoms with E-state index in [-0.39, 0.29) is 17.4 Å². The quantitative estimate of drug-likeness (QED) is 0.662. The molecule has 0 saturated carbocycles. The van der Waals surface area contributed by atoms with Gasteiger partial charge in [0.25, 0.3) is 0 Å². The van der Waals surface area contributed by atoms with Crippen LogP contribution in [0.3, 0.4) is 0 Å². The lowest BCUT2D eigenvalue weighted by Crippen LogP contribution is -2.17. The van der Waals surface area contributed by atoms with Gasteiger partial charge >= 0.3 is 6.36 Å². The molecule has 2 aromatic rings. The molecule has 1 aromatic heterocycles. The first-order valence-electron chi connectivity index (χ1n) is 7.21. The Labute approximate surface area is 150 Å². The maximum Gasteiger partial charge on any atom is 0.573 e. The normalized spacial score (nSPS) is 11.2. The Morgan fingerprint density at radius 1 is 1.28 bits per heavy atom. The van der Waals surface area contributed by atoms with Crippen LogP contribution in [-0.4, -0.2) is 34.8 Å². The van der Waals surface area contributed by atoms with Gasteiger partial charge in [-0.05, 0) is 30.7 Å². The van der Waals surface area contributed by atoms with Gasteiger partial charge in [0.05, 0.1) is 5.75 Å². The van der Waals surface area contributed by atoms with Crippen LogP contribution < -0.4 is 15.4 Å². The fourth-order valence-corrected chi connectivity index (χ4v) is 3.21. The SMILES string of the molecule is CCCNc1nnc(SCC(=O)Nc2ccc(OC(F)(F)F)cc2)s1. The maximum atomic E-state index is 12.1. The number of amides is 1. The molecular weight excluding hydrogens is 377 g/mol. The van der Waals surface area contributed by atoms with Crippen LogP contribution in [0.5, 0.6) is 5.75 Å². The largest absolute Gasteiger partial charge is 0.573 e. The number of anilines is 2. The highest BCUT2D eigenvalue weighted by molar-refractivity contribution is 8.01. The molecule has 0 fully saturated rings. The third-order valence-electron chi connectivity index (χ3n) is 2.63. The summed E-state index contributed by atoms with van der Waals surface area (Å²) in [5.41, 5.74) is 0.377. The first-order chi connectivity index (χ1) is 11.9. The van der Waals surface area contributed by atoms with E-state index in [0.29, 0.717) is 15.2 Å². The number of nitrogens with one attached hydrogen (secondary N) is 2. The van der Waals surface area contributed by atoms with Crippen molar-refractivity contribution in [2.45, 2.75) is 24.0 Å². The second-order valence-electron chi connectivity index (χ2n) is 4.71. The standard InChI is InChI=1S/C14H15F3N4O2S2/c1-2-7-18-12-20-21-13(25-12)24-8-11(22)19-9-3-5-10(6-4-9)23-14(15,16)17/h3-6H,2,7-8H2,1H3,(H,18,20)(H,19,22). The van der Waals surface area contributed by atoms with Crippen LogP contribution in [0.1, 0.15) is 13.3 Å². The van der Waals surface area contributed by atoms with Crippen LogP contribution in [0.2, 0.25) is 0 Å². The van der Waals surface area contributed by atoms with Gasteiger partial charge in [-0.15, -0.1) is 23.4 Å². The van der Waals surface area contributed by atoms with Crippen molar-refractivity contribution in [2.24, 2.45) is 0 Å². The summed E-state index contributed by atoms with van der Waals surface area (Å²) in [5, 5.41) is 14.3. The minimum atomic E-state index is -4.74. The molecule has 0 aliphatic carbocycles. The van der Waals surface area contributed by atoms with Crippen molar-refractivity contribution in [3.63, 3.8) is 0 Å². The number of hydrogen-bond donors (Lipinski definition) is 2. The fraction of sp³-hybridized carbons (Fsp3) is 0.357. The number of ether oxygens (including phenoxy) is 1. The van der Waals surface area contributed by atoms with Gasteiger partial charge in [0.2, 0.25) is 11.0 Å². The van der Waals surface area contributed by atoms with Crippen molar-refractivity contribution < 1.29 is 22.7 Å². The highest BCUT2D eigenvalue weighted by Gasteiger charge is 2.30. The number of thioether (sulfide) groups is 1. The molecular formula is C14H15F3N4O2S2. The highest BCUT2D eigenvalue weighted by Crippen LogP contribution is 2.26. The lowest BCUT2D eigenvalue weighted by molar-refractivity contribution is -0.274. The second kappa shape index (κ2) is 8.90. The second-order valence-corrected chi connectivity index (χ2v) is 6.91.